The number of fused-ring (bicyclic) bond motifs is 5. The molecule has 55 heavy (non-hydrogen) atoms. The van der Waals surface area contributed by atoms with E-state index in [9.17, 15) is 0 Å². The summed E-state index contributed by atoms with van der Waals surface area (Å²) >= 11 is 0. The zero-order valence-electron chi connectivity index (χ0n) is 35.9. The quantitative estimate of drug-likeness (QED) is 0.186. The molecule has 2 heterocycles. The maximum atomic E-state index is 3.97. The second kappa shape index (κ2) is 12.6. The minimum Gasteiger partial charge on any atom is -0.355 e. The second-order valence-corrected chi connectivity index (χ2v) is 20.7. The molecule has 283 valence electrons. The topological polar surface area (TPSA) is 15.3 Å². The first kappa shape index (κ1) is 37.7. The molecular weight excluding hydrogens is 663 g/mol. The molecule has 0 amide bonds. The molecule has 0 spiro atoms. The van der Waals surface area contributed by atoms with Gasteiger partial charge >= 0.3 is 0 Å². The third-order valence-electron chi connectivity index (χ3n) is 13.8. The van der Waals surface area contributed by atoms with E-state index in [-0.39, 0.29) is 27.2 Å². The SMILES string of the molecule is Cc1cccc(C)c1-c1cc(-c2ccc(C(C)(C)C)cc2Nc2ccc(C(C)(C)C)cc2)c2c(c1)N1c3c(cc(C(C)(C)C)cc3C3(C)CCCCC13C)[B]2. The lowest BCUT2D eigenvalue weighted by atomic mass is 9.57. The van der Waals surface area contributed by atoms with Crippen molar-refractivity contribution in [2.75, 3.05) is 10.2 Å². The smallest absolute Gasteiger partial charge is 0.197 e. The van der Waals surface area contributed by atoms with Gasteiger partial charge in [-0.15, -0.1) is 0 Å². The molecule has 1 fully saturated rings. The molecule has 2 unspecified atom stereocenters. The summed E-state index contributed by atoms with van der Waals surface area (Å²) < 4.78 is 0. The highest BCUT2D eigenvalue weighted by Crippen LogP contribution is 2.61. The van der Waals surface area contributed by atoms with Crippen LogP contribution in [0.4, 0.5) is 22.7 Å². The predicted molar refractivity (Wildman–Crippen MR) is 240 cm³/mol. The number of aryl methyl sites for hydroxylation is 2. The van der Waals surface area contributed by atoms with Gasteiger partial charge in [-0.3, -0.25) is 0 Å². The third-order valence-corrected chi connectivity index (χ3v) is 13.8. The highest BCUT2D eigenvalue weighted by atomic mass is 15.3. The number of anilines is 4. The van der Waals surface area contributed by atoms with Crippen molar-refractivity contribution in [3.63, 3.8) is 0 Å². The fourth-order valence-electron chi connectivity index (χ4n) is 10.1. The molecule has 5 aromatic rings. The molecule has 3 heteroatoms. The second-order valence-electron chi connectivity index (χ2n) is 20.7. The maximum absolute atomic E-state index is 3.97. The molecule has 0 bridgehead atoms. The number of nitrogens with one attached hydrogen (secondary N) is 1. The summed E-state index contributed by atoms with van der Waals surface area (Å²) in [4.78, 5) is 2.83. The van der Waals surface area contributed by atoms with Gasteiger partial charge in [0.15, 0.2) is 7.28 Å². The van der Waals surface area contributed by atoms with Gasteiger partial charge in [0.2, 0.25) is 0 Å². The van der Waals surface area contributed by atoms with Crippen LogP contribution in [0, 0.1) is 13.8 Å². The highest BCUT2D eigenvalue weighted by molar-refractivity contribution is 6.73. The molecule has 0 aromatic heterocycles. The Morgan fingerprint density at radius 1 is 0.636 bits per heavy atom. The fraction of sp³-hybridized carbons (Fsp3) is 0.423. The summed E-state index contributed by atoms with van der Waals surface area (Å²) in [6.45, 7) is 30.6. The van der Waals surface area contributed by atoms with Gasteiger partial charge in [-0.2, -0.15) is 0 Å². The molecule has 1 saturated carbocycles. The van der Waals surface area contributed by atoms with Gasteiger partial charge in [-0.05, 0) is 130 Å². The molecule has 1 radical (unpaired) electrons. The zero-order chi connectivity index (χ0) is 39.5. The standard InChI is InChI=1S/C52H62BN2/c1-32-17-16-18-33(2)45(32)34-27-40(39-24-21-36(49(6,7)8)31-43(39)54-38-22-19-35(20-23-38)48(3,4)5)46-44(28-34)55-47-41(51(12)25-14-15-26-52(51,55)13)29-37(50(9,10)11)30-42(47)53-46/h16-24,27-31,54H,14-15,25-26H2,1-13H3. The van der Waals surface area contributed by atoms with Gasteiger partial charge in [0, 0.05) is 33.7 Å². The highest BCUT2D eigenvalue weighted by Gasteiger charge is 2.59. The molecule has 0 saturated heterocycles. The predicted octanol–water partition coefficient (Wildman–Crippen LogP) is 13.0. The van der Waals surface area contributed by atoms with Crippen molar-refractivity contribution >= 4 is 41.0 Å². The van der Waals surface area contributed by atoms with E-state index in [0.29, 0.717) is 0 Å². The van der Waals surface area contributed by atoms with Crippen LogP contribution in [-0.2, 0) is 21.7 Å². The minimum atomic E-state index is -0.0372. The van der Waals surface area contributed by atoms with Gasteiger partial charge in [-0.25, -0.2) is 0 Å². The van der Waals surface area contributed by atoms with E-state index in [4.69, 9.17) is 0 Å². The molecule has 2 atom stereocenters. The minimum absolute atomic E-state index is 0.00496. The fourth-order valence-corrected chi connectivity index (χ4v) is 10.1. The van der Waals surface area contributed by atoms with Crippen LogP contribution in [0.2, 0.25) is 0 Å². The Kier molecular flexibility index (Phi) is 8.66. The molecule has 2 aliphatic heterocycles. The number of benzene rings is 5. The Bertz CT molecular complexity index is 2310. The first-order chi connectivity index (χ1) is 25.7. The van der Waals surface area contributed by atoms with Crippen molar-refractivity contribution in [2.24, 2.45) is 0 Å². The number of hydrogen-bond acceptors (Lipinski definition) is 2. The normalized spacial score (nSPS) is 20.4. The van der Waals surface area contributed by atoms with Crippen LogP contribution in [-0.4, -0.2) is 12.8 Å². The lowest BCUT2D eigenvalue weighted by Crippen LogP contribution is -2.57. The Labute approximate surface area is 333 Å². The van der Waals surface area contributed by atoms with E-state index >= 15 is 0 Å². The largest absolute Gasteiger partial charge is 0.355 e. The van der Waals surface area contributed by atoms with E-state index < -0.39 is 0 Å². The lowest BCUT2D eigenvalue weighted by molar-refractivity contribution is 0.195. The van der Waals surface area contributed by atoms with Crippen molar-refractivity contribution in [3.8, 4) is 22.3 Å². The number of nitrogens with zero attached hydrogens (tertiary/aromatic N) is 1. The summed E-state index contributed by atoms with van der Waals surface area (Å²) in [5, 5.41) is 3.97. The molecule has 8 rings (SSSR count). The van der Waals surface area contributed by atoms with Crippen LogP contribution in [0.3, 0.4) is 0 Å². The summed E-state index contributed by atoms with van der Waals surface area (Å²) in [7, 11) is 2.55. The summed E-state index contributed by atoms with van der Waals surface area (Å²) in [6.07, 6.45) is 4.94. The Balaban J connectivity index is 1.42. The van der Waals surface area contributed by atoms with Gasteiger partial charge in [-0.1, -0.05) is 148 Å². The van der Waals surface area contributed by atoms with Crippen molar-refractivity contribution < 1.29 is 0 Å². The summed E-state index contributed by atoms with van der Waals surface area (Å²) in [5.74, 6) is 0. The van der Waals surface area contributed by atoms with Crippen molar-refractivity contribution in [3.05, 3.63) is 118 Å². The van der Waals surface area contributed by atoms with Crippen LogP contribution in [0.25, 0.3) is 22.3 Å². The number of hydrogen-bond donors (Lipinski definition) is 1. The lowest BCUT2D eigenvalue weighted by Gasteiger charge is -2.51. The first-order valence-corrected chi connectivity index (χ1v) is 20.8. The van der Waals surface area contributed by atoms with E-state index in [1.807, 2.05) is 0 Å². The molecule has 1 N–H and O–H groups in total. The van der Waals surface area contributed by atoms with Crippen molar-refractivity contribution in [2.45, 2.75) is 143 Å². The van der Waals surface area contributed by atoms with Crippen molar-refractivity contribution in [1.82, 2.24) is 0 Å². The van der Waals surface area contributed by atoms with Gasteiger partial charge in [0.05, 0.1) is 5.54 Å². The molecule has 1 aliphatic carbocycles. The maximum Gasteiger partial charge on any atom is 0.197 e. The Hall–Kier alpha value is -4.24. The monoisotopic (exact) mass is 726 g/mol. The zero-order valence-corrected chi connectivity index (χ0v) is 35.9. The molecular formula is C52H62BN2. The van der Waals surface area contributed by atoms with Crippen LogP contribution in [0.1, 0.15) is 135 Å². The van der Waals surface area contributed by atoms with Crippen LogP contribution in [0.15, 0.2) is 84.9 Å². The van der Waals surface area contributed by atoms with Gasteiger partial charge in [0.25, 0.3) is 0 Å². The van der Waals surface area contributed by atoms with Crippen LogP contribution in [0.5, 0.6) is 0 Å². The van der Waals surface area contributed by atoms with E-state index in [0.717, 1.165) is 11.4 Å². The molecule has 5 aromatic carbocycles. The average Bonchev–Trinajstić information content (AvgIpc) is 3.31. The van der Waals surface area contributed by atoms with Gasteiger partial charge in [0.1, 0.15) is 0 Å². The average molecular weight is 726 g/mol. The Morgan fingerprint density at radius 2 is 1.25 bits per heavy atom. The van der Waals surface area contributed by atoms with Crippen molar-refractivity contribution in [1.29, 1.82) is 0 Å². The molecule has 3 aliphatic rings. The van der Waals surface area contributed by atoms with Crippen LogP contribution < -0.4 is 21.1 Å². The molecule has 2 nitrogen and oxygen atoms in total. The Morgan fingerprint density at radius 3 is 1.89 bits per heavy atom. The van der Waals surface area contributed by atoms with E-state index in [2.05, 4.69) is 192 Å². The summed E-state index contributed by atoms with van der Waals surface area (Å²) in [6, 6.07) is 33.1. The van der Waals surface area contributed by atoms with Gasteiger partial charge < -0.3 is 10.2 Å². The van der Waals surface area contributed by atoms with E-state index in [1.54, 1.807) is 5.56 Å². The third kappa shape index (κ3) is 6.07. The number of rotatable bonds is 4. The first-order valence-electron chi connectivity index (χ1n) is 20.8. The van der Waals surface area contributed by atoms with Crippen LogP contribution >= 0.6 is 0 Å². The van der Waals surface area contributed by atoms with E-state index in [1.165, 1.54) is 98.1 Å². The summed E-state index contributed by atoms with van der Waals surface area (Å²) in [5.41, 5.74) is 21.3.